The van der Waals surface area contributed by atoms with Gasteiger partial charge in [-0.05, 0) is 12.1 Å². The second kappa shape index (κ2) is 8.21. The lowest BCUT2D eigenvalue weighted by molar-refractivity contribution is -0.159. The lowest BCUT2D eigenvalue weighted by Gasteiger charge is -2.13. The third-order valence-corrected chi connectivity index (χ3v) is 5.05. The highest BCUT2D eigenvalue weighted by molar-refractivity contribution is 7.98. The molecule has 3 heterocycles. The minimum atomic E-state index is -2.88. The van der Waals surface area contributed by atoms with Crippen molar-refractivity contribution in [2.24, 2.45) is 0 Å². The predicted molar refractivity (Wildman–Crippen MR) is 99.6 cm³/mol. The number of halogens is 2. The molecular weight excluding hydrogens is 406 g/mol. The number of hydrogen-bond acceptors (Lipinski definition) is 7. The number of pyridine rings is 1. The van der Waals surface area contributed by atoms with Crippen LogP contribution in [-0.4, -0.2) is 46.3 Å². The molecule has 29 heavy (non-hydrogen) atoms. The summed E-state index contributed by atoms with van der Waals surface area (Å²) < 4.78 is 34.0. The Morgan fingerprint density at radius 1 is 1.41 bits per heavy atom. The van der Waals surface area contributed by atoms with E-state index >= 15 is 0 Å². The van der Waals surface area contributed by atoms with Crippen molar-refractivity contribution in [2.45, 2.75) is 24.1 Å². The fourth-order valence-electron chi connectivity index (χ4n) is 2.87. The van der Waals surface area contributed by atoms with Gasteiger partial charge in [0.15, 0.2) is 10.9 Å². The first-order valence-corrected chi connectivity index (χ1v) is 9.53. The summed E-state index contributed by atoms with van der Waals surface area (Å²) in [7, 11) is 1.45. The molecule has 1 aromatic carbocycles. The Morgan fingerprint density at radius 2 is 2.28 bits per heavy atom. The summed E-state index contributed by atoms with van der Waals surface area (Å²) >= 11 is 1.40. The van der Waals surface area contributed by atoms with Gasteiger partial charge in [0, 0.05) is 36.8 Å². The van der Waals surface area contributed by atoms with E-state index in [2.05, 4.69) is 19.7 Å². The Balaban J connectivity index is 1.47. The molecule has 0 spiro atoms. The SMILES string of the molecule is COCC(=O)N1Cc2c(ccnc2CSc2nc3ccc(OC(F)F)cc3[nH]2)O1. The highest BCUT2D eigenvalue weighted by Crippen LogP contribution is 2.33. The van der Waals surface area contributed by atoms with Crippen LogP contribution in [0.4, 0.5) is 8.78 Å². The van der Waals surface area contributed by atoms with Crippen LogP contribution in [0.1, 0.15) is 11.3 Å². The first-order valence-electron chi connectivity index (χ1n) is 8.55. The van der Waals surface area contributed by atoms with Gasteiger partial charge < -0.3 is 19.3 Å². The fraction of sp³-hybridized carbons (Fsp3) is 0.278. The summed E-state index contributed by atoms with van der Waals surface area (Å²) in [6, 6.07) is 6.23. The number of hydrogen-bond donors (Lipinski definition) is 1. The normalized spacial score (nSPS) is 13.0. The van der Waals surface area contributed by atoms with Crippen molar-refractivity contribution in [3.05, 3.63) is 41.7 Å². The molecule has 4 rings (SSSR count). The monoisotopic (exact) mass is 422 g/mol. The van der Waals surface area contributed by atoms with Gasteiger partial charge in [-0.15, -0.1) is 0 Å². The highest BCUT2D eigenvalue weighted by Gasteiger charge is 2.28. The van der Waals surface area contributed by atoms with Gasteiger partial charge in [-0.25, -0.2) is 4.98 Å². The number of aromatic amines is 1. The molecule has 0 radical (unpaired) electrons. The number of amides is 1. The molecule has 152 valence electrons. The van der Waals surface area contributed by atoms with Crippen molar-refractivity contribution in [1.82, 2.24) is 20.0 Å². The zero-order chi connectivity index (χ0) is 20.4. The van der Waals surface area contributed by atoms with E-state index in [4.69, 9.17) is 9.57 Å². The largest absolute Gasteiger partial charge is 0.435 e. The molecule has 0 saturated heterocycles. The average Bonchev–Trinajstić information content (AvgIpc) is 3.29. The van der Waals surface area contributed by atoms with Crippen molar-refractivity contribution >= 4 is 28.7 Å². The van der Waals surface area contributed by atoms with Crippen LogP contribution in [0.3, 0.4) is 0 Å². The van der Waals surface area contributed by atoms with Crippen LogP contribution < -0.4 is 9.57 Å². The standard InChI is InChI=1S/C18H16F2N4O4S/c1-26-8-16(25)24-7-11-14(21-5-4-15(11)28-24)9-29-18-22-12-3-2-10(27-17(19)20)6-13(12)23-18/h2-6,17H,7-9H2,1H3,(H,22,23). The maximum absolute atomic E-state index is 12.4. The second-order valence-corrected chi connectivity index (χ2v) is 7.04. The van der Waals surface area contributed by atoms with Gasteiger partial charge in [0.05, 0.1) is 23.3 Å². The molecule has 1 aliphatic rings. The summed E-state index contributed by atoms with van der Waals surface area (Å²) in [4.78, 5) is 29.4. The van der Waals surface area contributed by atoms with E-state index in [1.165, 1.54) is 36.1 Å². The number of carbonyl (C=O) groups is 1. The molecule has 0 fully saturated rings. The highest BCUT2D eigenvalue weighted by atomic mass is 32.2. The minimum absolute atomic E-state index is 0.0632. The summed E-state index contributed by atoms with van der Waals surface area (Å²) in [6.45, 7) is -2.66. The van der Waals surface area contributed by atoms with Crippen LogP contribution in [0.2, 0.25) is 0 Å². The lowest BCUT2D eigenvalue weighted by Crippen LogP contribution is -2.32. The van der Waals surface area contributed by atoms with Crippen molar-refractivity contribution in [2.75, 3.05) is 13.7 Å². The molecule has 0 aliphatic carbocycles. The number of hydroxylamine groups is 2. The van der Waals surface area contributed by atoms with Crippen molar-refractivity contribution < 1.29 is 27.9 Å². The van der Waals surface area contributed by atoms with E-state index in [1.54, 1.807) is 18.3 Å². The summed E-state index contributed by atoms with van der Waals surface area (Å²) in [5.74, 6) is 0.854. The van der Waals surface area contributed by atoms with E-state index in [1.807, 2.05) is 0 Å². The predicted octanol–water partition coefficient (Wildman–Crippen LogP) is 3.13. The Labute approximate surface area is 168 Å². The van der Waals surface area contributed by atoms with Gasteiger partial charge in [-0.1, -0.05) is 11.8 Å². The molecule has 1 amide bonds. The Bertz CT molecular complexity index is 1050. The van der Waals surface area contributed by atoms with Crippen LogP contribution in [0.5, 0.6) is 11.5 Å². The van der Waals surface area contributed by atoms with Crippen LogP contribution in [-0.2, 0) is 21.8 Å². The first kappa shape index (κ1) is 19.4. The molecule has 11 heteroatoms. The third-order valence-electron chi connectivity index (χ3n) is 4.16. The molecule has 1 aliphatic heterocycles. The number of H-pyrrole nitrogens is 1. The van der Waals surface area contributed by atoms with Gasteiger partial charge >= 0.3 is 6.61 Å². The quantitative estimate of drug-likeness (QED) is 0.585. The number of alkyl halides is 2. The number of ether oxygens (including phenoxy) is 2. The third kappa shape index (κ3) is 4.25. The van der Waals surface area contributed by atoms with Crippen LogP contribution in [0, 0.1) is 0 Å². The summed E-state index contributed by atoms with van der Waals surface area (Å²) in [5.41, 5.74) is 2.83. The first-order chi connectivity index (χ1) is 14.0. The minimum Gasteiger partial charge on any atom is -0.435 e. The van der Waals surface area contributed by atoms with Crippen LogP contribution in [0.25, 0.3) is 11.0 Å². The topological polar surface area (TPSA) is 89.6 Å². The van der Waals surface area contributed by atoms with Crippen molar-refractivity contribution in [3.8, 4) is 11.5 Å². The number of nitrogens with zero attached hydrogens (tertiary/aromatic N) is 3. The van der Waals surface area contributed by atoms with E-state index in [9.17, 15) is 13.6 Å². The molecular formula is C18H16F2N4O4S. The van der Waals surface area contributed by atoms with Crippen molar-refractivity contribution in [1.29, 1.82) is 0 Å². The van der Waals surface area contributed by atoms with E-state index in [-0.39, 0.29) is 24.8 Å². The van der Waals surface area contributed by atoms with Gasteiger partial charge in [0.25, 0.3) is 5.91 Å². The number of methoxy groups -OCH3 is 1. The molecule has 0 saturated carbocycles. The second-order valence-electron chi connectivity index (χ2n) is 6.08. The summed E-state index contributed by atoms with van der Waals surface area (Å²) in [6.07, 6.45) is 1.62. The van der Waals surface area contributed by atoms with E-state index in [0.717, 1.165) is 11.3 Å². The van der Waals surface area contributed by atoms with Crippen LogP contribution in [0.15, 0.2) is 35.6 Å². The Morgan fingerprint density at radius 3 is 3.07 bits per heavy atom. The number of benzene rings is 1. The van der Waals surface area contributed by atoms with E-state index < -0.39 is 6.61 Å². The molecule has 0 bridgehead atoms. The number of carbonyl (C=O) groups excluding carboxylic acids is 1. The molecule has 3 aromatic rings. The van der Waals surface area contributed by atoms with Crippen LogP contribution >= 0.6 is 11.8 Å². The number of fused-ring (bicyclic) bond motifs is 2. The number of thioether (sulfide) groups is 1. The Kier molecular flexibility index (Phi) is 5.49. The van der Waals surface area contributed by atoms with Gasteiger partial charge in [0.1, 0.15) is 12.4 Å². The summed E-state index contributed by atoms with van der Waals surface area (Å²) in [5, 5.41) is 1.86. The zero-order valence-corrected chi connectivity index (χ0v) is 16.0. The van der Waals surface area contributed by atoms with Crippen molar-refractivity contribution in [3.63, 3.8) is 0 Å². The zero-order valence-electron chi connectivity index (χ0n) is 15.2. The number of rotatable bonds is 7. The fourth-order valence-corrected chi connectivity index (χ4v) is 3.74. The lowest BCUT2D eigenvalue weighted by atomic mass is 10.2. The van der Waals surface area contributed by atoms with E-state index in [0.29, 0.717) is 27.7 Å². The number of aromatic nitrogens is 3. The molecule has 0 atom stereocenters. The van der Waals surface area contributed by atoms with Gasteiger partial charge in [0.2, 0.25) is 0 Å². The average molecular weight is 422 g/mol. The number of imidazole rings is 1. The maximum Gasteiger partial charge on any atom is 0.387 e. The molecule has 1 N–H and O–H groups in total. The smallest absolute Gasteiger partial charge is 0.387 e. The molecule has 0 unspecified atom stereocenters. The Hall–Kier alpha value is -2.92. The van der Waals surface area contributed by atoms with Gasteiger partial charge in [-0.2, -0.15) is 13.8 Å². The molecule has 2 aromatic heterocycles. The number of nitrogens with one attached hydrogen (secondary N) is 1. The maximum atomic E-state index is 12.4. The molecule has 8 nitrogen and oxygen atoms in total. The van der Waals surface area contributed by atoms with Gasteiger partial charge in [-0.3, -0.25) is 9.78 Å².